The summed E-state index contributed by atoms with van der Waals surface area (Å²) in [6.45, 7) is 3.01. The monoisotopic (exact) mass is 278 g/mol. The number of carbonyl (C=O) groups is 1. The highest BCUT2D eigenvalue weighted by atomic mass is 16.7. The highest BCUT2D eigenvalue weighted by Gasteiger charge is 2.37. The van der Waals surface area contributed by atoms with Gasteiger partial charge in [0.25, 0.3) is 0 Å². The second-order valence-corrected chi connectivity index (χ2v) is 4.88. The Balaban J connectivity index is 2.61. The van der Waals surface area contributed by atoms with E-state index in [0.29, 0.717) is 6.29 Å². The van der Waals surface area contributed by atoms with Crippen molar-refractivity contribution in [3.8, 4) is 0 Å². The fourth-order valence-corrected chi connectivity index (χ4v) is 2.05. The van der Waals surface area contributed by atoms with Gasteiger partial charge >= 0.3 is 0 Å². The molecule has 1 fully saturated rings. The molecule has 112 valence electrons. The first-order chi connectivity index (χ1) is 8.86. The summed E-state index contributed by atoms with van der Waals surface area (Å²) in [5.41, 5.74) is 0. The molecule has 0 bridgehead atoms. The topological polar surface area (TPSA) is 116 Å². The molecule has 1 aliphatic heterocycles. The van der Waals surface area contributed by atoms with Crippen LogP contribution in [0, 0.1) is 0 Å². The molecular formula is C12H22O7. The van der Waals surface area contributed by atoms with Crippen molar-refractivity contribution in [3.63, 3.8) is 0 Å². The van der Waals surface area contributed by atoms with Crippen molar-refractivity contribution in [2.75, 3.05) is 0 Å². The number of aliphatic hydroxyl groups excluding tert-OH is 4. The van der Waals surface area contributed by atoms with Gasteiger partial charge in [-0.3, -0.25) is 0 Å². The summed E-state index contributed by atoms with van der Waals surface area (Å²) in [4.78, 5) is 10.4. The van der Waals surface area contributed by atoms with E-state index < -0.39 is 42.9 Å². The van der Waals surface area contributed by atoms with Crippen LogP contribution in [0.5, 0.6) is 0 Å². The molecule has 1 heterocycles. The Morgan fingerprint density at radius 2 is 2.05 bits per heavy atom. The first-order valence-corrected chi connectivity index (χ1v) is 6.33. The standard InChI is InChI=1S/C12H22O7/c1-6(14)12(8(15)3-4-13)19-10-5-9(16)11(17)7(2)18-10/h4,6-12,14-17H,3,5H2,1-2H3. The van der Waals surface area contributed by atoms with E-state index in [1.165, 1.54) is 6.92 Å². The SMILES string of the molecule is CC(O)C(OC1CC(O)C(O)C(C)O1)C(O)CC=O. The van der Waals surface area contributed by atoms with E-state index in [1.807, 2.05) is 0 Å². The maximum absolute atomic E-state index is 10.4. The van der Waals surface area contributed by atoms with Crippen LogP contribution in [-0.2, 0) is 14.3 Å². The second-order valence-electron chi connectivity index (χ2n) is 4.88. The second kappa shape index (κ2) is 7.28. The number of rotatable bonds is 6. The Labute approximate surface area is 111 Å². The van der Waals surface area contributed by atoms with Gasteiger partial charge in [0.1, 0.15) is 18.5 Å². The van der Waals surface area contributed by atoms with Crippen LogP contribution in [0.1, 0.15) is 26.7 Å². The van der Waals surface area contributed by atoms with E-state index in [-0.39, 0.29) is 12.8 Å². The van der Waals surface area contributed by atoms with Crippen LogP contribution < -0.4 is 0 Å². The lowest BCUT2D eigenvalue weighted by Crippen LogP contribution is -2.50. The molecule has 7 atom stereocenters. The Morgan fingerprint density at radius 1 is 1.42 bits per heavy atom. The highest BCUT2D eigenvalue weighted by Crippen LogP contribution is 2.23. The molecule has 4 N–H and O–H groups in total. The van der Waals surface area contributed by atoms with E-state index in [9.17, 15) is 25.2 Å². The largest absolute Gasteiger partial charge is 0.391 e. The molecule has 0 amide bonds. The number of hydrogen-bond donors (Lipinski definition) is 4. The molecule has 19 heavy (non-hydrogen) atoms. The third kappa shape index (κ3) is 4.48. The van der Waals surface area contributed by atoms with Crippen molar-refractivity contribution in [2.24, 2.45) is 0 Å². The third-order valence-electron chi connectivity index (χ3n) is 3.18. The van der Waals surface area contributed by atoms with E-state index in [2.05, 4.69) is 0 Å². The molecular weight excluding hydrogens is 256 g/mol. The van der Waals surface area contributed by atoms with Crippen LogP contribution in [0.2, 0.25) is 0 Å². The van der Waals surface area contributed by atoms with E-state index >= 15 is 0 Å². The fourth-order valence-electron chi connectivity index (χ4n) is 2.05. The number of ether oxygens (including phenoxy) is 2. The molecule has 7 unspecified atom stereocenters. The van der Waals surface area contributed by atoms with E-state index in [0.717, 1.165) is 0 Å². The Bertz CT molecular complexity index is 271. The minimum Gasteiger partial charge on any atom is -0.391 e. The zero-order chi connectivity index (χ0) is 14.6. The molecule has 0 aromatic heterocycles. The normalized spacial score (nSPS) is 36.5. The first-order valence-electron chi connectivity index (χ1n) is 6.33. The summed E-state index contributed by atoms with van der Waals surface area (Å²) in [5, 5.41) is 38.4. The lowest BCUT2D eigenvalue weighted by atomic mass is 10.0. The fraction of sp³-hybridized carbons (Fsp3) is 0.917. The first kappa shape index (κ1) is 16.5. The number of carbonyl (C=O) groups excluding carboxylic acids is 1. The maximum atomic E-state index is 10.4. The number of hydrogen-bond acceptors (Lipinski definition) is 7. The van der Waals surface area contributed by atoms with Crippen molar-refractivity contribution in [2.45, 2.75) is 69.6 Å². The van der Waals surface area contributed by atoms with Crippen molar-refractivity contribution in [1.82, 2.24) is 0 Å². The predicted octanol–water partition coefficient (Wildman–Crippen LogP) is -1.44. The van der Waals surface area contributed by atoms with Gasteiger partial charge in [0.15, 0.2) is 6.29 Å². The maximum Gasteiger partial charge on any atom is 0.161 e. The zero-order valence-corrected chi connectivity index (χ0v) is 11.0. The van der Waals surface area contributed by atoms with Crippen molar-refractivity contribution >= 4 is 6.29 Å². The summed E-state index contributed by atoms with van der Waals surface area (Å²) in [6, 6.07) is 0. The lowest BCUT2D eigenvalue weighted by Gasteiger charge is -2.38. The number of aldehydes is 1. The lowest BCUT2D eigenvalue weighted by molar-refractivity contribution is -0.277. The summed E-state index contributed by atoms with van der Waals surface area (Å²) >= 11 is 0. The van der Waals surface area contributed by atoms with Crippen LogP contribution in [0.25, 0.3) is 0 Å². The van der Waals surface area contributed by atoms with Crippen LogP contribution in [0.3, 0.4) is 0 Å². The minimum atomic E-state index is -1.15. The molecule has 0 radical (unpaired) electrons. The van der Waals surface area contributed by atoms with Crippen LogP contribution in [-0.4, -0.2) is 69.6 Å². The van der Waals surface area contributed by atoms with Gasteiger partial charge in [0.2, 0.25) is 0 Å². The Morgan fingerprint density at radius 3 is 2.53 bits per heavy atom. The molecule has 0 aliphatic carbocycles. The number of aliphatic hydroxyl groups is 4. The Kier molecular flexibility index (Phi) is 6.31. The van der Waals surface area contributed by atoms with Crippen molar-refractivity contribution in [3.05, 3.63) is 0 Å². The molecule has 1 saturated heterocycles. The zero-order valence-electron chi connectivity index (χ0n) is 11.0. The third-order valence-corrected chi connectivity index (χ3v) is 3.18. The van der Waals surface area contributed by atoms with Crippen LogP contribution in [0.15, 0.2) is 0 Å². The summed E-state index contributed by atoms with van der Waals surface area (Å²) in [7, 11) is 0. The predicted molar refractivity (Wildman–Crippen MR) is 64.2 cm³/mol. The van der Waals surface area contributed by atoms with Crippen molar-refractivity contribution < 1.29 is 34.7 Å². The van der Waals surface area contributed by atoms with E-state index in [1.54, 1.807) is 6.92 Å². The molecule has 0 spiro atoms. The molecule has 0 aromatic rings. The van der Waals surface area contributed by atoms with E-state index in [4.69, 9.17) is 9.47 Å². The molecule has 1 aliphatic rings. The highest BCUT2D eigenvalue weighted by molar-refractivity contribution is 5.50. The smallest absolute Gasteiger partial charge is 0.161 e. The summed E-state index contributed by atoms with van der Waals surface area (Å²) in [5.74, 6) is 0. The van der Waals surface area contributed by atoms with Crippen LogP contribution >= 0.6 is 0 Å². The average Bonchev–Trinajstić information content (AvgIpc) is 2.32. The molecule has 0 saturated carbocycles. The molecule has 7 heteroatoms. The van der Waals surface area contributed by atoms with Crippen LogP contribution in [0.4, 0.5) is 0 Å². The average molecular weight is 278 g/mol. The van der Waals surface area contributed by atoms with Crippen molar-refractivity contribution in [1.29, 1.82) is 0 Å². The van der Waals surface area contributed by atoms with Gasteiger partial charge in [-0.05, 0) is 13.8 Å². The van der Waals surface area contributed by atoms with Gasteiger partial charge in [-0.2, -0.15) is 0 Å². The summed E-state index contributed by atoms with van der Waals surface area (Å²) < 4.78 is 10.7. The Hall–Kier alpha value is -0.570. The molecule has 0 aromatic carbocycles. The van der Waals surface area contributed by atoms with Gasteiger partial charge < -0.3 is 34.7 Å². The summed E-state index contributed by atoms with van der Waals surface area (Å²) in [6.07, 6.45) is -6.21. The molecule has 1 rings (SSSR count). The van der Waals surface area contributed by atoms with Gasteiger partial charge in [0, 0.05) is 12.8 Å². The van der Waals surface area contributed by atoms with Gasteiger partial charge in [0.05, 0.1) is 24.4 Å². The molecule has 7 nitrogen and oxygen atoms in total. The van der Waals surface area contributed by atoms with Gasteiger partial charge in [-0.15, -0.1) is 0 Å². The van der Waals surface area contributed by atoms with Gasteiger partial charge in [-0.1, -0.05) is 0 Å². The van der Waals surface area contributed by atoms with Gasteiger partial charge in [-0.25, -0.2) is 0 Å². The quantitative estimate of drug-likeness (QED) is 0.440. The minimum absolute atomic E-state index is 0.0303.